The van der Waals surface area contributed by atoms with Gasteiger partial charge in [0.15, 0.2) is 5.90 Å². The Morgan fingerprint density at radius 3 is 2.23 bits per heavy atom. The van der Waals surface area contributed by atoms with Crippen LogP contribution in [0.2, 0.25) is 0 Å². The van der Waals surface area contributed by atoms with Gasteiger partial charge in [-0.15, -0.1) is 0 Å². The highest BCUT2D eigenvalue weighted by molar-refractivity contribution is 5.76. The van der Waals surface area contributed by atoms with Crippen molar-refractivity contribution >= 4 is 11.6 Å². The zero-order valence-electron chi connectivity index (χ0n) is 8.07. The number of rotatable bonds is 2. The van der Waals surface area contributed by atoms with E-state index in [4.69, 9.17) is 9.47 Å². The number of hydrogen-bond donors (Lipinski definition) is 0. The summed E-state index contributed by atoms with van der Waals surface area (Å²) in [7, 11) is 3.24. The number of aliphatic imine (C=N–C) groups is 1. The summed E-state index contributed by atoms with van der Waals surface area (Å²) >= 11 is 0. The number of benzene rings is 1. The predicted molar refractivity (Wildman–Crippen MR) is 52.8 cm³/mol. The van der Waals surface area contributed by atoms with Gasteiger partial charge in [0.1, 0.15) is 5.75 Å². The number of hydrogen-bond acceptors (Lipinski definition) is 3. The van der Waals surface area contributed by atoms with E-state index in [1.54, 1.807) is 14.2 Å². The quantitative estimate of drug-likeness (QED) is 0.515. The van der Waals surface area contributed by atoms with Crippen LogP contribution in [0, 0.1) is 0 Å². The Kier molecular flexibility index (Phi) is 3.31. The maximum absolute atomic E-state index is 5.02. The third kappa shape index (κ3) is 2.78. The van der Waals surface area contributed by atoms with E-state index in [0.29, 0.717) is 5.90 Å². The van der Waals surface area contributed by atoms with E-state index >= 15 is 0 Å². The molecule has 0 bridgehead atoms. The first-order chi connectivity index (χ1) is 6.26. The molecule has 0 aliphatic heterocycles. The fraction of sp³-hybridized carbons (Fsp3) is 0.300. The van der Waals surface area contributed by atoms with Gasteiger partial charge in [-0.05, 0) is 24.3 Å². The van der Waals surface area contributed by atoms with Crippen LogP contribution in [-0.4, -0.2) is 20.1 Å². The van der Waals surface area contributed by atoms with Crippen molar-refractivity contribution in [2.45, 2.75) is 6.92 Å². The third-order valence-electron chi connectivity index (χ3n) is 1.65. The average molecular weight is 179 g/mol. The molecule has 0 saturated carbocycles. The SMILES string of the molecule is COC(C)=Nc1ccc(OC)cc1. The molecule has 1 aromatic rings. The van der Waals surface area contributed by atoms with Crippen LogP contribution in [0.3, 0.4) is 0 Å². The fourth-order valence-corrected chi connectivity index (χ4v) is 0.884. The zero-order chi connectivity index (χ0) is 9.68. The highest BCUT2D eigenvalue weighted by Crippen LogP contribution is 2.17. The summed E-state index contributed by atoms with van der Waals surface area (Å²) in [5.41, 5.74) is 0.861. The Morgan fingerprint density at radius 1 is 1.15 bits per heavy atom. The first-order valence-electron chi connectivity index (χ1n) is 3.99. The van der Waals surface area contributed by atoms with E-state index in [1.165, 1.54) is 0 Å². The molecule has 1 rings (SSSR count). The molecule has 0 saturated heterocycles. The smallest absolute Gasteiger partial charge is 0.184 e. The number of nitrogens with zero attached hydrogens (tertiary/aromatic N) is 1. The maximum atomic E-state index is 5.02. The molecular formula is C10H13NO2. The average Bonchev–Trinajstić information content (AvgIpc) is 2.19. The lowest BCUT2D eigenvalue weighted by atomic mass is 10.3. The van der Waals surface area contributed by atoms with Crippen molar-refractivity contribution in [2.24, 2.45) is 4.99 Å². The van der Waals surface area contributed by atoms with E-state index in [-0.39, 0.29) is 0 Å². The van der Waals surface area contributed by atoms with Gasteiger partial charge in [-0.3, -0.25) is 0 Å². The van der Waals surface area contributed by atoms with Crippen molar-refractivity contribution in [1.82, 2.24) is 0 Å². The van der Waals surface area contributed by atoms with Crippen LogP contribution in [0.4, 0.5) is 5.69 Å². The summed E-state index contributed by atoms with van der Waals surface area (Å²) < 4.78 is 9.95. The van der Waals surface area contributed by atoms with E-state index < -0.39 is 0 Å². The largest absolute Gasteiger partial charge is 0.497 e. The van der Waals surface area contributed by atoms with Crippen LogP contribution in [0.15, 0.2) is 29.3 Å². The third-order valence-corrected chi connectivity index (χ3v) is 1.65. The van der Waals surface area contributed by atoms with Crippen LogP contribution in [0.5, 0.6) is 5.75 Å². The van der Waals surface area contributed by atoms with Crippen molar-refractivity contribution in [3.8, 4) is 5.75 Å². The van der Waals surface area contributed by atoms with Gasteiger partial charge >= 0.3 is 0 Å². The molecule has 0 fully saturated rings. The molecule has 3 nitrogen and oxygen atoms in total. The Hall–Kier alpha value is -1.51. The van der Waals surface area contributed by atoms with E-state index in [9.17, 15) is 0 Å². The molecule has 1 aromatic carbocycles. The Bertz CT molecular complexity index is 290. The standard InChI is InChI=1S/C10H13NO2/c1-8(12-2)11-9-4-6-10(13-3)7-5-9/h4-7H,1-3H3. The first kappa shape index (κ1) is 9.58. The van der Waals surface area contributed by atoms with Crippen LogP contribution in [0.1, 0.15) is 6.92 Å². The molecule has 0 amide bonds. The van der Waals surface area contributed by atoms with E-state index in [1.807, 2.05) is 31.2 Å². The van der Waals surface area contributed by atoms with Crippen LogP contribution in [0.25, 0.3) is 0 Å². The Balaban J connectivity index is 2.80. The zero-order valence-corrected chi connectivity index (χ0v) is 8.07. The van der Waals surface area contributed by atoms with Gasteiger partial charge in [-0.2, -0.15) is 0 Å². The lowest BCUT2D eigenvalue weighted by Gasteiger charge is -2.00. The summed E-state index contributed by atoms with van der Waals surface area (Å²) in [6.45, 7) is 1.81. The van der Waals surface area contributed by atoms with Crippen molar-refractivity contribution < 1.29 is 9.47 Å². The molecule has 13 heavy (non-hydrogen) atoms. The fourth-order valence-electron chi connectivity index (χ4n) is 0.884. The Labute approximate surface area is 78.0 Å². The van der Waals surface area contributed by atoms with E-state index in [0.717, 1.165) is 11.4 Å². The predicted octanol–water partition coefficient (Wildman–Crippen LogP) is 2.39. The van der Waals surface area contributed by atoms with Gasteiger partial charge in [0.2, 0.25) is 0 Å². The molecule has 0 aliphatic carbocycles. The second-order valence-corrected chi connectivity index (χ2v) is 2.53. The monoisotopic (exact) mass is 179 g/mol. The molecule has 0 spiro atoms. The molecule has 0 aromatic heterocycles. The highest BCUT2D eigenvalue weighted by atomic mass is 16.5. The minimum absolute atomic E-state index is 0.644. The normalized spacial score (nSPS) is 11.2. The molecule has 0 heterocycles. The Morgan fingerprint density at radius 2 is 1.77 bits per heavy atom. The molecule has 0 unspecified atom stereocenters. The van der Waals surface area contributed by atoms with Gasteiger partial charge in [0.05, 0.1) is 19.9 Å². The summed E-state index contributed by atoms with van der Waals surface area (Å²) in [5.74, 6) is 1.47. The van der Waals surface area contributed by atoms with Crippen LogP contribution >= 0.6 is 0 Å². The topological polar surface area (TPSA) is 30.8 Å². The first-order valence-corrected chi connectivity index (χ1v) is 3.99. The van der Waals surface area contributed by atoms with Gasteiger partial charge in [-0.1, -0.05) is 0 Å². The van der Waals surface area contributed by atoms with Crippen molar-refractivity contribution in [1.29, 1.82) is 0 Å². The molecule has 0 atom stereocenters. The second-order valence-electron chi connectivity index (χ2n) is 2.53. The maximum Gasteiger partial charge on any atom is 0.184 e. The molecular weight excluding hydrogens is 166 g/mol. The van der Waals surface area contributed by atoms with Gasteiger partial charge in [0, 0.05) is 6.92 Å². The summed E-state index contributed by atoms with van der Waals surface area (Å²) in [4.78, 5) is 4.19. The number of methoxy groups -OCH3 is 2. The second kappa shape index (κ2) is 4.50. The number of ether oxygens (including phenoxy) is 2. The molecule has 0 radical (unpaired) electrons. The van der Waals surface area contributed by atoms with Gasteiger partial charge in [0.25, 0.3) is 0 Å². The summed E-state index contributed by atoms with van der Waals surface area (Å²) in [6.07, 6.45) is 0. The van der Waals surface area contributed by atoms with E-state index in [2.05, 4.69) is 4.99 Å². The van der Waals surface area contributed by atoms with Crippen LogP contribution < -0.4 is 4.74 Å². The van der Waals surface area contributed by atoms with Gasteiger partial charge < -0.3 is 9.47 Å². The molecule has 0 aliphatic rings. The van der Waals surface area contributed by atoms with Crippen LogP contribution in [-0.2, 0) is 4.74 Å². The highest BCUT2D eigenvalue weighted by Gasteiger charge is 1.92. The molecule has 0 N–H and O–H groups in total. The lowest BCUT2D eigenvalue weighted by Crippen LogP contribution is -1.91. The van der Waals surface area contributed by atoms with Crippen molar-refractivity contribution in [3.05, 3.63) is 24.3 Å². The minimum atomic E-state index is 0.644. The molecule has 70 valence electrons. The molecule has 3 heteroatoms. The van der Waals surface area contributed by atoms with Crippen molar-refractivity contribution in [2.75, 3.05) is 14.2 Å². The summed E-state index contributed by atoms with van der Waals surface area (Å²) in [6, 6.07) is 7.48. The summed E-state index contributed by atoms with van der Waals surface area (Å²) in [5, 5.41) is 0. The lowest BCUT2D eigenvalue weighted by molar-refractivity contribution is 0.400. The van der Waals surface area contributed by atoms with Gasteiger partial charge in [-0.25, -0.2) is 4.99 Å². The minimum Gasteiger partial charge on any atom is -0.497 e. The van der Waals surface area contributed by atoms with Crippen molar-refractivity contribution in [3.63, 3.8) is 0 Å².